The molecule has 2 aromatic carbocycles. The Kier molecular flexibility index (Phi) is 7.65. The number of ether oxygens (including phenoxy) is 1. The van der Waals surface area contributed by atoms with Crippen molar-refractivity contribution in [1.29, 1.82) is 0 Å². The molecule has 0 aromatic heterocycles. The third-order valence-corrected chi connectivity index (χ3v) is 9.00. The maximum Gasteiger partial charge on any atom is 0.216 e. The van der Waals surface area contributed by atoms with Crippen LogP contribution in [0.5, 0.6) is 0 Å². The second-order valence-corrected chi connectivity index (χ2v) is 12.3. The molecule has 1 heterocycles. The number of benzene rings is 2. The quantitative estimate of drug-likeness (QED) is 0.352. The molecule has 0 saturated heterocycles. The van der Waals surface area contributed by atoms with E-state index in [0.29, 0.717) is 6.61 Å². The van der Waals surface area contributed by atoms with Crippen LogP contribution < -0.4 is 0 Å². The Hall–Kier alpha value is -2.09. The summed E-state index contributed by atoms with van der Waals surface area (Å²) in [6.07, 6.45) is 15.9. The van der Waals surface area contributed by atoms with Crippen molar-refractivity contribution in [2.45, 2.75) is 103 Å². The van der Waals surface area contributed by atoms with E-state index in [1.165, 1.54) is 81.8 Å². The molecule has 1 aliphatic heterocycles. The molecule has 188 valence electrons. The molecule has 35 heavy (non-hydrogen) atoms. The normalized spacial score (nSPS) is 27.7. The molecule has 2 nitrogen and oxygen atoms in total. The van der Waals surface area contributed by atoms with Gasteiger partial charge in [0.05, 0.1) is 5.54 Å². The van der Waals surface area contributed by atoms with Crippen LogP contribution in [0, 0.1) is 17.8 Å². The molecule has 0 radical (unpaired) electrons. The summed E-state index contributed by atoms with van der Waals surface area (Å²) in [7, 11) is 0. The summed E-state index contributed by atoms with van der Waals surface area (Å²) in [6.45, 7) is 7.21. The molecule has 0 N–H and O–H groups in total. The van der Waals surface area contributed by atoms with E-state index in [1.54, 1.807) is 5.56 Å². The molecule has 4 unspecified atom stereocenters. The van der Waals surface area contributed by atoms with Gasteiger partial charge in [0.25, 0.3) is 0 Å². The van der Waals surface area contributed by atoms with Gasteiger partial charge in [-0.05, 0) is 98.4 Å². The minimum atomic E-state index is -0.115. The van der Waals surface area contributed by atoms with Gasteiger partial charge in [-0.1, -0.05) is 81.8 Å². The number of aliphatic imine (C=N–C) groups is 1. The summed E-state index contributed by atoms with van der Waals surface area (Å²) in [5.41, 5.74) is 5.08. The van der Waals surface area contributed by atoms with Crippen LogP contribution in [0.25, 0.3) is 11.1 Å². The van der Waals surface area contributed by atoms with Crippen molar-refractivity contribution in [2.75, 3.05) is 6.61 Å². The van der Waals surface area contributed by atoms with E-state index in [4.69, 9.17) is 9.73 Å². The van der Waals surface area contributed by atoms with E-state index in [2.05, 4.69) is 69.3 Å². The first-order chi connectivity index (χ1) is 17.0. The average Bonchev–Trinajstić information content (AvgIpc) is 3.26. The van der Waals surface area contributed by atoms with Crippen LogP contribution in [0.1, 0.15) is 108 Å². The standard InChI is InChI=1S/C33H45NO/c1-4-5-6-7-8-24-9-10-31-22-30(20-19-29(31)21-24)27-13-11-25(12-14-27)26-15-17-28(18-16-26)32-34-33(2,3)23-35-32/h11-18,24,29-31H,4-10,19-23H2,1-3H3. The second-order valence-electron chi connectivity index (χ2n) is 12.3. The summed E-state index contributed by atoms with van der Waals surface area (Å²) >= 11 is 0. The van der Waals surface area contributed by atoms with Gasteiger partial charge in [0.1, 0.15) is 6.61 Å². The SMILES string of the molecule is CCCCCCC1CCC2CC(c3ccc(-c4ccc(C5=NC(C)(C)CO5)cc4)cc3)CCC2C1. The highest BCUT2D eigenvalue weighted by molar-refractivity contribution is 5.95. The van der Waals surface area contributed by atoms with Gasteiger partial charge >= 0.3 is 0 Å². The molecule has 0 spiro atoms. The summed E-state index contributed by atoms with van der Waals surface area (Å²) in [5.74, 6) is 4.54. The van der Waals surface area contributed by atoms with E-state index in [1.807, 2.05) is 0 Å². The van der Waals surface area contributed by atoms with Crippen LogP contribution in [0.3, 0.4) is 0 Å². The fourth-order valence-electron chi connectivity index (χ4n) is 6.90. The Morgan fingerprint density at radius 2 is 1.43 bits per heavy atom. The highest BCUT2D eigenvalue weighted by Crippen LogP contribution is 2.48. The van der Waals surface area contributed by atoms with Crippen LogP contribution >= 0.6 is 0 Å². The molecular weight excluding hydrogens is 426 g/mol. The maximum absolute atomic E-state index is 5.80. The van der Waals surface area contributed by atoms with Crippen LogP contribution in [0.2, 0.25) is 0 Å². The minimum absolute atomic E-state index is 0.115. The van der Waals surface area contributed by atoms with E-state index < -0.39 is 0 Å². The van der Waals surface area contributed by atoms with Gasteiger partial charge < -0.3 is 4.74 Å². The largest absolute Gasteiger partial charge is 0.475 e. The number of nitrogens with zero attached hydrogens (tertiary/aromatic N) is 1. The van der Waals surface area contributed by atoms with Gasteiger partial charge in [-0.2, -0.15) is 0 Å². The van der Waals surface area contributed by atoms with Gasteiger partial charge in [0, 0.05) is 5.56 Å². The van der Waals surface area contributed by atoms with Crippen molar-refractivity contribution < 1.29 is 4.74 Å². The topological polar surface area (TPSA) is 21.6 Å². The van der Waals surface area contributed by atoms with Crippen LogP contribution in [0.15, 0.2) is 53.5 Å². The van der Waals surface area contributed by atoms with Gasteiger partial charge in [-0.15, -0.1) is 0 Å². The third-order valence-electron chi connectivity index (χ3n) is 9.00. The van der Waals surface area contributed by atoms with E-state index >= 15 is 0 Å². The smallest absolute Gasteiger partial charge is 0.216 e. The Balaban J connectivity index is 1.15. The summed E-state index contributed by atoms with van der Waals surface area (Å²) in [4.78, 5) is 4.70. The molecule has 2 fully saturated rings. The van der Waals surface area contributed by atoms with Gasteiger partial charge in [0.2, 0.25) is 5.90 Å². The second kappa shape index (κ2) is 10.9. The predicted molar refractivity (Wildman–Crippen MR) is 148 cm³/mol. The van der Waals surface area contributed by atoms with E-state index in [9.17, 15) is 0 Å². The molecule has 2 aliphatic carbocycles. The van der Waals surface area contributed by atoms with Crippen molar-refractivity contribution in [1.82, 2.24) is 0 Å². The maximum atomic E-state index is 5.80. The molecule has 5 rings (SSSR count). The Morgan fingerprint density at radius 3 is 2.11 bits per heavy atom. The number of rotatable bonds is 8. The van der Waals surface area contributed by atoms with Crippen molar-refractivity contribution in [3.05, 3.63) is 59.7 Å². The summed E-state index contributed by atoms with van der Waals surface area (Å²) in [6, 6.07) is 18.2. The summed E-state index contributed by atoms with van der Waals surface area (Å²) < 4.78 is 5.80. The Labute approximate surface area is 213 Å². The molecule has 2 saturated carbocycles. The first kappa shape index (κ1) is 24.6. The molecule has 2 heteroatoms. The number of unbranched alkanes of at least 4 members (excludes halogenated alkanes) is 3. The van der Waals surface area contributed by atoms with Crippen LogP contribution in [-0.4, -0.2) is 18.0 Å². The minimum Gasteiger partial charge on any atom is -0.475 e. The molecule has 4 atom stereocenters. The highest BCUT2D eigenvalue weighted by atomic mass is 16.5. The van der Waals surface area contributed by atoms with E-state index in [-0.39, 0.29) is 5.54 Å². The number of hydrogen-bond donors (Lipinski definition) is 0. The van der Waals surface area contributed by atoms with Crippen molar-refractivity contribution >= 4 is 5.90 Å². The lowest BCUT2D eigenvalue weighted by Gasteiger charge is -2.42. The third kappa shape index (κ3) is 6.01. The first-order valence-electron chi connectivity index (χ1n) is 14.4. The van der Waals surface area contributed by atoms with Crippen molar-refractivity contribution in [3.8, 4) is 11.1 Å². The van der Waals surface area contributed by atoms with Crippen LogP contribution in [-0.2, 0) is 4.74 Å². The van der Waals surface area contributed by atoms with Crippen LogP contribution in [0.4, 0.5) is 0 Å². The van der Waals surface area contributed by atoms with E-state index in [0.717, 1.165) is 35.1 Å². The Bertz CT molecular complexity index is 987. The van der Waals surface area contributed by atoms with Gasteiger partial charge in [0.15, 0.2) is 0 Å². The average molecular weight is 472 g/mol. The van der Waals surface area contributed by atoms with Crippen molar-refractivity contribution in [3.63, 3.8) is 0 Å². The molecular formula is C33H45NO. The zero-order valence-electron chi connectivity index (χ0n) is 22.3. The zero-order chi connectivity index (χ0) is 24.3. The molecule has 2 aromatic rings. The zero-order valence-corrected chi connectivity index (χ0v) is 22.3. The monoisotopic (exact) mass is 471 g/mol. The number of hydrogen-bond acceptors (Lipinski definition) is 2. The highest BCUT2D eigenvalue weighted by Gasteiger charge is 2.35. The fraction of sp³-hybridized carbons (Fsp3) is 0.606. The molecule has 0 amide bonds. The first-order valence-corrected chi connectivity index (χ1v) is 14.4. The Morgan fingerprint density at radius 1 is 0.771 bits per heavy atom. The lowest BCUT2D eigenvalue weighted by atomic mass is 9.63. The number of fused-ring (bicyclic) bond motifs is 1. The summed E-state index contributed by atoms with van der Waals surface area (Å²) in [5, 5.41) is 0. The van der Waals surface area contributed by atoms with Gasteiger partial charge in [-0.3, -0.25) is 0 Å². The lowest BCUT2D eigenvalue weighted by Crippen LogP contribution is -2.30. The fourth-order valence-corrected chi connectivity index (χ4v) is 6.90. The molecule has 0 bridgehead atoms. The predicted octanol–water partition coefficient (Wildman–Crippen LogP) is 9.18. The van der Waals surface area contributed by atoms with Crippen molar-refractivity contribution in [2.24, 2.45) is 22.7 Å². The molecule has 3 aliphatic rings. The van der Waals surface area contributed by atoms with Gasteiger partial charge in [-0.25, -0.2) is 4.99 Å². The lowest BCUT2D eigenvalue weighted by molar-refractivity contribution is 0.113.